The van der Waals surface area contributed by atoms with Crippen LogP contribution in [0.3, 0.4) is 0 Å². The molecule has 1 atom stereocenters. The number of hydrogen-bond acceptors (Lipinski definition) is 3. The van der Waals surface area contributed by atoms with Gasteiger partial charge in [0.1, 0.15) is 12.3 Å². The van der Waals surface area contributed by atoms with Gasteiger partial charge in [-0.05, 0) is 56.5 Å². The van der Waals surface area contributed by atoms with Gasteiger partial charge < -0.3 is 19.7 Å². The lowest BCUT2D eigenvalue weighted by molar-refractivity contribution is -0.672. The number of benzene rings is 2. The highest BCUT2D eigenvalue weighted by Crippen LogP contribution is 2.44. The van der Waals surface area contributed by atoms with Crippen molar-refractivity contribution in [3.05, 3.63) is 59.7 Å². The van der Waals surface area contributed by atoms with Crippen LogP contribution >= 0.6 is 0 Å². The van der Waals surface area contributed by atoms with Crippen molar-refractivity contribution in [2.45, 2.75) is 50.7 Å². The number of rotatable bonds is 8. The molecule has 0 aromatic heterocycles. The lowest BCUT2D eigenvalue weighted by atomic mass is 9.67. The maximum atomic E-state index is 6.05. The summed E-state index contributed by atoms with van der Waals surface area (Å²) in [5.74, 6) is 0.919. The molecule has 0 amide bonds. The summed E-state index contributed by atoms with van der Waals surface area (Å²) >= 11 is 0. The van der Waals surface area contributed by atoms with Gasteiger partial charge in [-0.2, -0.15) is 0 Å². The third-order valence-corrected chi connectivity index (χ3v) is 6.20. The Bertz CT molecular complexity index is 768. The summed E-state index contributed by atoms with van der Waals surface area (Å²) in [7, 11) is 5.88. The molecule has 4 nitrogen and oxygen atoms in total. The number of hydrogen-bond donors (Lipinski definition) is 1. The summed E-state index contributed by atoms with van der Waals surface area (Å²) in [5, 5.41) is 2.44. The molecule has 4 heteroatoms. The van der Waals surface area contributed by atoms with E-state index in [9.17, 15) is 0 Å². The first kappa shape index (κ1) is 21.7. The highest BCUT2D eigenvalue weighted by molar-refractivity contribution is 5.45. The van der Waals surface area contributed by atoms with Crippen molar-refractivity contribution >= 4 is 5.69 Å². The fourth-order valence-electron chi connectivity index (χ4n) is 4.60. The molecule has 29 heavy (non-hydrogen) atoms. The first-order valence-corrected chi connectivity index (χ1v) is 10.7. The molecular weight excluding hydrogens is 360 g/mol. The first-order chi connectivity index (χ1) is 13.8. The zero-order valence-corrected chi connectivity index (χ0v) is 18.7. The highest BCUT2D eigenvalue weighted by Gasteiger charge is 2.42. The van der Waals surface area contributed by atoms with E-state index in [4.69, 9.17) is 9.47 Å². The normalized spacial score (nSPS) is 21.0. The van der Waals surface area contributed by atoms with Crippen LogP contribution in [0.15, 0.2) is 48.5 Å². The zero-order chi connectivity index (χ0) is 20.9. The van der Waals surface area contributed by atoms with E-state index in [0.29, 0.717) is 0 Å². The van der Waals surface area contributed by atoms with Crippen molar-refractivity contribution < 1.29 is 14.8 Å². The van der Waals surface area contributed by atoms with Crippen LogP contribution in [0, 0.1) is 0 Å². The molecule has 3 rings (SSSR count). The molecule has 0 spiro atoms. The predicted octanol–water partition coefficient (Wildman–Crippen LogP) is 3.74. The Labute approximate surface area is 176 Å². The maximum absolute atomic E-state index is 6.05. The van der Waals surface area contributed by atoms with Gasteiger partial charge in [0.15, 0.2) is 0 Å². The molecule has 158 valence electrons. The molecule has 1 aliphatic heterocycles. The summed E-state index contributed by atoms with van der Waals surface area (Å²) in [6, 6.07) is 17.6. The fourth-order valence-corrected chi connectivity index (χ4v) is 4.60. The summed E-state index contributed by atoms with van der Waals surface area (Å²) < 4.78 is 11.4. The van der Waals surface area contributed by atoms with Gasteiger partial charge in [-0.25, -0.2) is 0 Å². The van der Waals surface area contributed by atoms with Crippen LogP contribution in [0.4, 0.5) is 5.69 Å². The second kappa shape index (κ2) is 9.19. The molecule has 0 bridgehead atoms. The maximum Gasteiger partial charge on any atom is 0.118 e. The second-order valence-corrected chi connectivity index (χ2v) is 9.14. The first-order valence-electron chi connectivity index (χ1n) is 10.7. The molecule has 0 saturated carbocycles. The molecule has 0 radical (unpaired) electrons. The Morgan fingerprint density at radius 1 is 1.03 bits per heavy atom. The number of methoxy groups -OCH3 is 1. The smallest absolute Gasteiger partial charge is 0.118 e. The van der Waals surface area contributed by atoms with Crippen LogP contribution in [0.5, 0.6) is 5.75 Å². The summed E-state index contributed by atoms with van der Waals surface area (Å²) in [4.78, 5) is 2.14. The fraction of sp³-hybridized carbons (Fsp3) is 0.520. The standard InChI is InChI=1S/C25H36N2O2/c1-24(2)19-25(15-17-29-24,21-8-12-23(28-5)13-9-21)14-16-26-18-20-6-10-22(11-7-20)27(3)4/h6-13,26H,14-19H2,1-5H3/p+1/t25-/m1/s1. The minimum atomic E-state index is -0.0831. The summed E-state index contributed by atoms with van der Waals surface area (Å²) in [5.41, 5.74) is 4.12. The summed E-state index contributed by atoms with van der Waals surface area (Å²) in [6.45, 7) is 7.40. The van der Waals surface area contributed by atoms with E-state index < -0.39 is 0 Å². The molecule has 0 aliphatic carbocycles. The molecule has 1 saturated heterocycles. The van der Waals surface area contributed by atoms with Crippen molar-refractivity contribution in [2.24, 2.45) is 0 Å². The van der Waals surface area contributed by atoms with Gasteiger partial charge >= 0.3 is 0 Å². The minimum Gasteiger partial charge on any atom is -0.497 e. The lowest BCUT2D eigenvalue weighted by Crippen LogP contribution is -2.83. The van der Waals surface area contributed by atoms with Crippen molar-refractivity contribution in [3.63, 3.8) is 0 Å². The number of nitrogens with two attached hydrogens (primary N) is 1. The van der Waals surface area contributed by atoms with Gasteiger partial charge in [0.25, 0.3) is 0 Å². The highest BCUT2D eigenvalue weighted by atomic mass is 16.5. The van der Waals surface area contributed by atoms with E-state index in [1.54, 1.807) is 7.11 Å². The Morgan fingerprint density at radius 2 is 1.72 bits per heavy atom. The van der Waals surface area contributed by atoms with Gasteiger partial charge in [-0.15, -0.1) is 0 Å². The quantitative estimate of drug-likeness (QED) is 0.690. The topological polar surface area (TPSA) is 38.3 Å². The van der Waals surface area contributed by atoms with Crippen LogP contribution in [0.2, 0.25) is 0 Å². The third-order valence-electron chi connectivity index (χ3n) is 6.20. The lowest BCUT2D eigenvalue weighted by Gasteiger charge is -2.45. The average Bonchev–Trinajstić information content (AvgIpc) is 2.71. The van der Waals surface area contributed by atoms with Crippen molar-refractivity contribution in [3.8, 4) is 5.75 Å². The van der Waals surface area contributed by atoms with E-state index >= 15 is 0 Å². The number of anilines is 1. The number of nitrogens with zero attached hydrogens (tertiary/aromatic N) is 1. The molecule has 1 fully saturated rings. The summed E-state index contributed by atoms with van der Waals surface area (Å²) in [6.07, 6.45) is 3.29. The second-order valence-electron chi connectivity index (χ2n) is 9.14. The number of ether oxygens (including phenoxy) is 2. The van der Waals surface area contributed by atoms with E-state index in [-0.39, 0.29) is 11.0 Å². The van der Waals surface area contributed by atoms with Crippen molar-refractivity contribution in [2.75, 3.05) is 39.3 Å². The Balaban J connectivity index is 1.65. The Morgan fingerprint density at radius 3 is 2.31 bits per heavy atom. The molecule has 2 aromatic carbocycles. The van der Waals surface area contributed by atoms with Gasteiger partial charge in [0.2, 0.25) is 0 Å². The van der Waals surface area contributed by atoms with E-state index in [1.165, 1.54) is 16.8 Å². The Hall–Kier alpha value is -2.04. The van der Waals surface area contributed by atoms with Crippen molar-refractivity contribution in [1.82, 2.24) is 0 Å². The van der Waals surface area contributed by atoms with Gasteiger partial charge in [0, 0.05) is 43.8 Å². The molecule has 1 aliphatic rings. The van der Waals surface area contributed by atoms with Crippen LogP contribution in [0.1, 0.15) is 44.2 Å². The SMILES string of the molecule is COc1ccc([C@]2(CC[NH2+]Cc3ccc(N(C)C)cc3)CCOC(C)(C)C2)cc1. The molecule has 1 heterocycles. The van der Waals surface area contributed by atoms with E-state index in [0.717, 1.165) is 44.7 Å². The zero-order valence-electron chi connectivity index (χ0n) is 18.7. The largest absolute Gasteiger partial charge is 0.497 e. The molecular formula is C25H37N2O2+. The predicted molar refractivity (Wildman–Crippen MR) is 120 cm³/mol. The monoisotopic (exact) mass is 397 g/mol. The molecule has 2 N–H and O–H groups in total. The Kier molecular flexibility index (Phi) is 6.86. The van der Waals surface area contributed by atoms with Crippen LogP contribution < -0.4 is 15.0 Å². The van der Waals surface area contributed by atoms with Crippen LogP contribution in [0.25, 0.3) is 0 Å². The van der Waals surface area contributed by atoms with Crippen molar-refractivity contribution in [1.29, 1.82) is 0 Å². The third kappa shape index (κ3) is 5.52. The number of quaternary nitrogens is 1. The molecule has 0 unspecified atom stereocenters. The molecule has 2 aromatic rings. The van der Waals surface area contributed by atoms with E-state index in [1.807, 2.05) is 0 Å². The van der Waals surface area contributed by atoms with E-state index in [2.05, 4.69) is 86.7 Å². The van der Waals surface area contributed by atoms with Crippen LogP contribution in [-0.4, -0.2) is 40.0 Å². The van der Waals surface area contributed by atoms with Gasteiger partial charge in [-0.1, -0.05) is 24.3 Å². The van der Waals surface area contributed by atoms with Gasteiger partial charge in [-0.3, -0.25) is 0 Å². The van der Waals surface area contributed by atoms with Crippen LogP contribution in [-0.2, 0) is 16.7 Å². The average molecular weight is 398 g/mol. The van der Waals surface area contributed by atoms with Gasteiger partial charge in [0.05, 0.1) is 19.3 Å². The minimum absolute atomic E-state index is 0.0831.